The summed E-state index contributed by atoms with van der Waals surface area (Å²) in [5, 5.41) is 20.8. The molecule has 1 unspecified atom stereocenters. The molecule has 0 saturated carbocycles. The maximum absolute atomic E-state index is 9.04. The molecule has 4 heteroatoms. The Morgan fingerprint density at radius 3 is 2.67 bits per heavy atom. The number of nitrogens with one attached hydrogen (secondary N) is 1. The van der Waals surface area contributed by atoms with Crippen molar-refractivity contribution in [1.82, 2.24) is 5.32 Å². The molecule has 0 rings (SSSR count). The Bertz CT molecular complexity index is 199. The Balaban J connectivity index is 3.84. The Hall–Kier alpha value is -0.630. The zero-order valence-corrected chi connectivity index (χ0v) is 9.92. The summed E-state index contributed by atoms with van der Waals surface area (Å²) in [4.78, 5) is 0. The second-order valence-corrected chi connectivity index (χ2v) is 4.54. The first kappa shape index (κ1) is 14.4. The number of nitrogens with zero attached hydrogens (tertiary/aromatic N) is 1. The van der Waals surface area contributed by atoms with E-state index in [9.17, 15) is 0 Å². The van der Waals surface area contributed by atoms with Crippen LogP contribution in [0, 0.1) is 16.7 Å². The number of ether oxygens (including phenoxy) is 1. The van der Waals surface area contributed by atoms with Crippen molar-refractivity contribution in [2.24, 2.45) is 5.41 Å². The first-order chi connectivity index (χ1) is 7.05. The van der Waals surface area contributed by atoms with E-state index in [1.165, 1.54) is 0 Å². The smallest absolute Gasteiger partial charge is 0.0638 e. The highest BCUT2D eigenvalue weighted by molar-refractivity contribution is 4.80. The van der Waals surface area contributed by atoms with Gasteiger partial charge in [-0.2, -0.15) is 5.26 Å². The van der Waals surface area contributed by atoms with Crippen LogP contribution in [0.4, 0.5) is 0 Å². The number of hydrogen-bond donors (Lipinski definition) is 2. The van der Waals surface area contributed by atoms with Gasteiger partial charge in [-0.3, -0.25) is 0 Å². The molecule has 0 aromatic heterocycles. The summed E-state index contributed by atoms with van der Waals surface area (Å²) in [6.07, 6.45) is 1.43. The monoisotopic (exact) mass is 214 g/mol. The van der Waals surface area contributed by atoms with Crippen LogP contribution in [0.15, 0.2) is 0 Å². The van der Waals surface area contributed by atoms with E-state index in [0.717, 1.165) is 13.0 Å². The molecule has 0 bridgehead atoms. The van der Waals surface area contributed by atoms with Gasteiger partial charge in [0.25, 0.3) is 0 Å². The van der Waals surface area contributed by atoms with Crippen molar-refractivity contribution in [3.05, 3.63) is 0 Å². The van der Waals surface area contributed by atoms with Crippen LogP contribution in [0.2, 0.25) is 0 Å². The summed E-state index contributed by atoms with van der Waals surface area (Å²) in [5.41, 5.74) is 0.0802. The van der Waals surface area contributed by atoms with Crippen LogP contribution >= 0.6 is 0 Å². The van der Waals surface area contributed by atoms with Crippen molar-refractivity contribution in [1.29, 1.82) is 5.26 Å². The quantitative estimate of drug-likeness (QED) is 0.630. The Labute approximate surface area is 92.2 Å². The lowest BCUT2D eigenvalue weighted by Gasteiger charge is -2.26. The number of nitriles is 1. The lowest BCUT2D eigenvalue weighted by molar-refractivity contribution is 0.121. The van der Waals surface area contributed by atoms with Gasteiger partial charge in [0.05, 0.1) is 25.3 Å². The number of aliphatic hydroxyl groups is 1. The normalized spacial score (nSPS) is 13.5. The summed E-state index contributed by atoms with van der Waals surface area (Å²) >= 11 is 0. The van der Waals surface area contributed by atoms with Crippen LogP contribution in [0.5, 0.6) is 0 Å². The highest BCUT2D eigenvalue weighted by Gasteiger charge is 2.18. The maximum Gasteiger partial charge on any atom is 0.0638 e. The van der Waals surface area contributed by atoms with Gasteiger partial charge in [0.2, 0.25) is 0 Å². The SMILES string of the molecule is COCC(CO)NCC(C)(C)CCC#N. The average molecular weight is 214 g/mol. The predicted molar refractivity (Wildman–Crippen MR) is 59.4 cm³/mol. The Morgan fingerprint density at radius 2 is 2.20 bits per heavy atom. The third kappa shape index (κ3) is 7.32. The number of rotatable bonds is 8. The fraction of sp³-hybridized carbons (Fsp3) is 0.909. The molecule has 0 radical (unpaired) electrons. The minimum Gasteiger partial charge on any atom is -0.395 e. The highest BCUT2D eigenvalue weighted by Crippen LogP contribution is 2.20. The van der Waals surface area contributed by atoms with Crippen LogP contribution in [0.25, 0.3) is 0 Å². The van der Waals surface area contributed by atoms with Crippen molar-refractivity contribution in [2.45, 2.75) is 32.7 Å². The standard InChI is InChI=1S/C11H22N2O2/c1-11(2,5-4-6-12)9-13-10(7-14)8-15-3/h10,13-14H,4-5,7-9H2,1-3H3. The summed E-state index contributed by atoms with van der Waals surface area (Å²) in [6, 6.07) is 2.13. The molecular formula is C11H22N2O2. The minimum absolute atomic E-state index is 0.0173. The molecule has 0 aromatic carbocycles. The van der Waals surface area contributed by atoms with E-state index in [4.69, 9.17) is 15.1 Å². The van der Waals surface area contributed by atoms with Gasteiger partial charge in [-0.25, -0.2) is 0 Å². The van der Waals surface area contributed by atoms with Gasteiger partial charge in [-0.1, -0.05) is 13.8 Å². The molecule has 0 fully saturated rings. The van der Waals surface area contributed by atoms with Gasteiger partial charge in [-0.15, -0.1) is 0 Å². The predicted octanol–water partition coefficient (Wildman–Crippen LogP) is 0.913. The van der Waals surface area contributed by atoms with Gasteiger partial charge in [0.1, 0.15) is 0 Å². The zero-order chi connectivity index (χ0) is 11.7. The lowest BCUT2D eigenvalue weighted by atomic mass is 9.88. The second-order valence-electron chi connectivity index (χ2n) is 4.54. The molecule has 0 aromatic rings. The molecule has 1 atom stereocenters. The van der Waals surface area contributed by atoms with Crippen LogP contribution in [0.3, 0.4) is 0 Å². The van der Waals surface area contributed by atoms with Crippen molar-refractivity contribution < 1.29 is 9.84 Å². The van der Waals surface area contributed by atoms with Crippen molar-refractivity contribution in [2.75, 3.05) is 26.9 Å². The summed E-state index contributed by atoms with van der Waals surface area (Å²) in [6.45, 7) is 5.58. The zero-order valence-electron chi connectivity index (χ0n) is 9.92. The van der Waals surface area contributed by atoms with Crippen molar-refractivity contribution >= 4 is 0 Å². The number of aliphatic hydroxyl groups excluding tert-OH is 1. The van der Waals surface area contributed by atoms with E-state index in [1.54, 1.807) is 7.11 Å². The summed E-state index contributed by atoms with van der Waals surface area (Å²) in [7, 11) is 1.62. The molecule has 0 saturated heterocycles. The number of hydrogen-bond acceptors (Lipinski definition) is 4. The molecule has 0 heterocycles. The van der Waals surface area contributed by atoms with E-state index in [1.807, 2.05) is 0 Å². The fourth-order valence-corrected chi connectivity index (χ4v) is 1.28. The Kier molecular flexibility index (Phi) is 7.31. The molecule has 2 N–H and O–H groups in total. The fourth-order valence-electron chi connectivity index (χ4n) is 1.28. The molecule has 0 aliphatic rings. The molecule has 15 heavy (non-hydrogen) atoms. The topological polar surface area (TPSA) is 65.3 Å². The van der Waals surface area contributed by atoms with Gasteiger partial charge in [0, 0.05) is 20.1 Å². The van der Waals surface area contributed by atoms with E-state index in [2.05, 4.69) is 25.2 Å². The van der Waals surface area contributed by atoms with Gasteiger partial charge in [-0.05, 0) is 11.8 Å². The van der Waals surface area contributed by atoms with Crippen LogP contribution in [0.1, 0.15) is 26.7 Å². The molecule has 88 valence electrons. The molecule has 0 amide bonds. The molecule has 0 aliphatic heterocycles. The van der Waals surface area contributed by atoms with Gasteiger partial charge >= 0.3 is 0 Å². The van der Waals surface area contributed by atoms with Gasteiger partial charge < -0.3 is 15.2 Å². The van der Waals surface area contributed by atoms with E-state index >= 15 is 0 Å². The van der Waals surface area contributed by atoms with Crippen LogP contribution < -0.4 is 5.32 Å². The third-order valence-electron chi connectivity index (χ3n) is 2.37. The molecule has 4 nitrogen and oxygen atoms in total. The average Bonchev–Trinajstić information content (AvgIpc) is 2.21. The molecule has 0 aliphatic carbocycles. The van der Waals surface area contributed by atoms with Gasteiger partial charge in [0.15, 0.2) is 0 Å². The van der Waals surface area contributed by atoms with E-state index in [0.29, 0.717) is 13.0 Å². The second kappa shape index (κ2) is 7.63. The largest absolute Gasteiger partial charge is 0.395 e. The minimum atomic E-state index is -0.0173. The van der Waals surface area contributed by atoms with Crippen molar-refractivity contribution in [3.8, 4) is 6.07 Å². The van der Waals surface area contributed by atoms with E-state index < -0.39 is 0 Å². The van der Waals surface area contributed by atoms with Crippen LogP contribution in [-0.2, 0) is 4.74 Å². The highest BCUT2D eigenvalue weighted by atomic mass is 16.5. The van der Waals surface area contributed by atoms with E-state index in [-0.39, 0.29) is 18.1 Å². The summed E-state index contributed by atoms with van der Waals surface area (Å²) < 4.78 is 4.97. The molecular weight excluding hydrogens is 192 g/mol. The van der Waals surface area contributed by atoms with Crippen molar-refractivity contribution in [3.63, 3.8) is 0 Å². The molecule has 0 spiro atoms. The lowest BCUT2D eigenvalue weighted by Crippen LogP contribution is -2.41. The Morgan fingerprint density at radius 1 is 1.53 bits per heavy atom. The number of methoxy groups -OCH3 is 1. The summed E-state index contributed by atoms with van der Waals surface area (Å²) in [5.74, 6) is 0. The first-order valence-corrected chi connectivity index (χ1v) is 5.26. The van der Waals surface area contributed by atoms with Crippen LogP contribution in [-0.4, -0.2) is 38.0 Å². The third-order valence-corrected chi connectivity index (χ3v) is 2.37. The first-order valence-electron chi connectivity index (χ1n) is 5.26. The maximum atomic E-state index is 9.04.